The maximum atomic E-state index is 13.5. The van der Waals surface area contributed by atoms with Crippen LogP contribution in [0.25, 0.3) is 0 Å². The maximum Gasteiger partial charge on any atom is 0.299 e. The van der Waals surface area contributed by atoms with E-state index in [0.29, 0.717) is 0 Å². The van der Waals surface area contributed by atoms with Gasteiger partial charge in [-0.2, -0.15) is 13.1 Å². The summed E-state index contributed by atoms with van der Waals surface area (Å²) in [6, 6.07) is 3.77. The van der Waals surface area contributed by atoms with Gasteiger partial charge in [-0.3, -0.25) is 10.1 Å². The van der Waals surface area contributed by atoms with Crippen LogP contribution in [0.4, 0.5) is 10.1 Å². The molecule has 0 radical (unpaired) electrons. The third kappa shape index (κ3) is 4.49. The minimum absolute atomic E-state index is 0.0794. The Morgan fingerprint density at radius 1 is 1.37 bits per heavy atom. The highest BCUT2D eigenvalue weighted by molar-refractivity contribution is 7.90. The zero-order valence-corrected chi connectivity index (χ0v) is 11.7. The second-order valence-corrected chi connectivity index (χ2v) is 6.45. The molecule has 1 aromatic rings. The highest BCUT2D eigenvalue weighted by Gasteiger charge is 2.22. The monoisotopic (exact) mass is 288 g/mol. The molecule has 0 amide bonds. The summed E-state index contributed by atoms with van der Waals surface area (Å²) in [7, 11) is -3.88. The lowest BCUT2D eigenvalue weighted by molar-refractivity contribution is 0.494. The van der Waals surface area contributed by atoms with E-state index < -0.39 is 27.4 Å². The molecule has 0 spiro atoms. The van der Waals surface area contributed by atoms with E-state index in [2.05, 4.69) is 9.44 Å². The number of halogens is 1. The fraction of sp³-hybridized carbons (Fsp3) is 0.364. The van der Waals surface area contributed by atoms with Gasteiger partial charge < -0.3 is 5.73 Å². The molecule has 0 aliphatic rings. The molecule has 6 nitrogen and oxygen atoms in total. The van der Waals surface area contributed by atoms with Crippen LogP contribution < -0.4 is 15.2 Å². The average molecular weight is 288 g/mol. The number of nitrogens with one attached hydrogen (secondary N) is 3. The first-order valence-corrected chi connectivity index (χ1v) is 6.95. The molecule has 5 N–H and O–H groups in total. The van der Waals surface area contributed by atoms with Crippen LogP contribution in [0, 0.1) is 11.2 Å². The van der Waals surface area contributed by atoms with Gasteiger partial charge in [0.2, 0.25) is 0 Å². The number of hydrogen-bond donors (Lipinski definition) is 4. The number of rotatable bonds is 4. The number of nitrogens with two attached hydrogens (primary N) is 1. The highest BCUT2D eigenvalue weighted by Crippen LogP contribution is 2.19. The number of hydrogen-bond acceptors (Lipinski definition) is 3. The third-order valence-electron chi connectivity index (χ3n) is 1.97. The standard InChI is InChI=1S/C11H17FN4O2S/c1-11(2,3)16-19(17,18)15-8-6-4-5-7(12)9(8)10(13)14/h4-6,15-16H,1-3H3,(H3,13,14). The van der Waals surface area contributed by atoms with Gasteiger partial charge in [-0.05, 0) is 32.9 Å². The first kappa shape index (κ1) is 15.4. The molecule has 8 heteroatoms. The SMILES string of the molecule is CC(C)(C)NS(=O)(=O)Nc1cccc(F)c1C(=N)N. The molecular formula is C11H17FN4O2S. The van der Waals surface area contributed by atoms with E-state index in [1.54, 1.807) is 20.8 Å². The summed E-state index contributed by atoms with van der Waals surface area (Å²) in [5, 5.41) is 7.29. The Morgan fingerprint density at radius 2 is 1.95 bits per heavy atom. The van der Waals surface area contributed by atoms with Crippen molar-refractivity contribution in [3.63, 3.8) is 0 Å². The zero-order chi connectivity index (χ0) is 14.8. The van der Waals surface area contributed by atoms with Gasteiger partial charge in [-0.1, -0.05) is 6.07 Å². The molecule has 0 saturated carbocycles. The topological polar surface area (TPSA) is 108 Å². The van der Waals surface area contributed by atoms with Crippen molar-refractivity contribution >= 4 is 21.7 Å². The normalized spacial score (nSPS) is 12.2. The molecule has 0 saturated heterocycles. The lowest BCUT2D eigenvalue weighted by Gasteiger charge is -2.21. The van der Waals surface area contributed by atoms with Crippen LogP contribution in [0.3, 0.4) is 0 Å². The van der Waals surface area contributed by atoms with Crippen molar-refractivity contribution in [2.45, 2.75) is 26.3 Å². The van der Waals surface area contributed by atoms with E-state index in [4.69, 9.17) is 11.1 Å². The molecule has 1 aromatic carbocycles. The molecular weight excluding hydrogens is 271 g/mol. The van der Waals surface area contributed by atoms with Crippen LogP contribution in [0.1, 0.15) is 26.3 Å². The lowest BCUT2D eigenvalue weighted by atomic mass is 10.1. The molecule has 1 rings (SSSR count). The molecule has 0 aliphatic carbocycles. The van der Waals surface area contributed by atoms with E-state index in [9.17, 15) is 12.8 Å². The summed E-state index contributed by atoms with van der Waals surface area (Å²) in [5.41, 5.74) is 4.21. The molecule has 0 aliphatic heterocycles. The third-order valence-corrected chi connectivity index (χ3v) is 3.34. The van der Waals surface area contributed by atoms with Gasteiger partial charge in [0.05, 0.1) is 11.3 Å². The smallest absolute Gasteiger partial charge is 0.299 e. The van der Waals surface area contributed by atoms with Crippen molar-refractivity contribution in [3.05, 3.63) is 29.6 Å². The zero-order valence-electron chi connectivity index (χ0n) is 10.9. The Morgan fingerprint density at radius 3 is 2.42 bits per heavy atom. The summed E-state index contributed by atoms with van der Waals surface area (Å²) in [6.45, 7) is 5.01. The highest BCUT2D eigenvalue weighted by atomic mass is 32.2. The molecule has 0 heterocycles. The van der Waals surface area contributed by atoms with Gasteiger partial charge in [-0.25, -0.2) is 4.39 Å². The number of nitrogen functional groups attached to an aromatic ring is 1. The van der Waals surface area contributed by atoms with Crippen LogP contribution in [0.5, 0.6) is 0 Å². The predicted molar refractivity (Wildman–Crippen MR) is 72.8 cm³/mol. The van der Waals surface area contributed by atoms with Crippen LogP contribution >= 0.6 is 0 Å². The van der Waals surface area contributed by atoms with Crippen LogP contribution in [0.2, 0.25) is 0 Å². The number of anilines is 1. The largest absolute Gasteiger partial charge is 0.384 e. The van der Waals surface area contributed by atoms with E-state index >= 15 is 0 Å². The van der Waals surface area contributed by atoms with Crippen LogP contribution in [-0.4, -0.2) is 19.8 Å². The summed E-state index contributed by atoms with van der Waals surface area (Å²) >= 11 is 0. The molecule has 0 aromatic heterocycles. The molecule has 0 atom stereocenters. The summed E-state index contributed by atoms with van der Waals surface area (Å²) < 4.78 is 41.8. The Kier molecular flexibility index (Phi) is 4.16. The average Bonchev–Trinajstić information content (AvgIpc) is 2.11. The maximum absolute atomic E-state index is 13.5. The van der Waals surface area contributed by atoms with Gasteiger partial charge in [0.25, 0.3) is 10.2 Å². The summed E-state index contributed by atoms with van der Waals surface area (Å²) in [5.74, 6) is -1.31. The van der Waals surface area contributed by atoms with E-state index in [1.807, 2.05) is 0 Å². The van der Waals surface area contributed by atoms with Gasteiger partial charge in [0.15, 0.2) is 0 Å². The quantitative estimate of drug-likeness (QED) is 0.493. The van der Waals surface area contributed by atoms with Gasteiger partial charge >= 0.3 is 0 Å². The Bertz CT molecular complexity index is 593. The fourth-order valence-electron chi connectivity index (χ4n) is 1.46. The first-order chi connectivity index (χ1) is 8.52. The van der Waals surface area contributed by atoms with Crippen molar-refractivity contribution in [2.24, 2.45) is 5.73 Å². The second-order valence-electron chi connectivity index (χ2n) is 5.03. The fourth-order valence-corrected chi connectivity index (χ4v) is 2.77. The van der Waals surface area contributed by atoms with Crippen LogP contribution in [-0.2, 0) is 10.2 Å². The first-order valence-electron chi connectivity index (χ1n) is 5.46. The number of benzene rings is 1. The van der Waals surface area contributed by atoms with E-state index in [-0.39, 0.29) is 11.3 Å². The summed E-state index contributed by atoms with van der Waals surface area (Å²) in [6.07, 6.45) is 0. The van der Waals surface area contributed by atoms with Crippen molar-refractivity contribution in [2.75, 3.05) is 4.72 Å². The Balaban J connectivity index is 3.14. The second kappa shape index (κ2) is 5.14. The van der Waals surface area contributed by atoms with Crippen LogP contribution in [0.15, 0.2) is 18.2 Å². The van der Waals surface area contributed by atoms with Crippen molar-refractivity contribution in [3.8, 4) is 0 Å². The summed E-state index contributed by atoms with van der Waals surface area (Å²) in [4.78, 5) is 0. The minimum atomic E-state index is -3.88. The van der Waals surface area contributed by atoms with Crippen molar-refractivity contribution in [1.82, 2.24) is 4.72 Å². The predicted octanol–water partition coefficient (Wildman–Crippen LogP) is 1.15. The van der Waals surface area contributed by atoms with Crippen molar-refractivity contribution < 1.29 is 12.8 Å². The minimum Gasteiger partial charge on any atom is -0.384 e. The van der Waals surface area contributed by atoms with E-state index in [1.165, 1.54) is 12.1 Å². The lowest BCUT2D eigenvalue weighted by Crippen LogP contribution is -2.43. The van der Waals surface area contributed by atoms with Gasteiger partial charge in [-0.15, -0.1) is 0 Å². The molecule has 0 bridgehead atoms. The Labute approximate surface area is 111 Å². The molecule has 0 fully saturated rings. The molecule has 106 valence electrons. The Hall–Kier alpha value is -1.67. The van der Waals surface area contributed by atoms with Gasteiger partial charge in [0, 0.05) is 5.54 Å². The molecule has 0 unspecified atom stereocenters. The molecule has 19 heavy (non-hydrogen) atoms. The van der Waals surface area contributed by atoms with Gasteiger partial charge in [0.1, 0.15) is 11.7 Å². The van der Waals surface area contributed by atoms with E-state index in [0.717, 1.165) is 6.07 Å². The number of amidine groups is 1. The van der Waals surface area contributed by atoms with Crippen molar-refractivity contribution in [1.29, 1.82) is 5.41 Å².